The fourth-order valence-corrected chi connectivity index (χ4v) is 1.77. The van der Waals surface area contributed by atoms with Gasteiger partial charge in [0.15, 0.2) is 0 Å². The van der Waals surface area contributed by atoms with E-state index in [4.69, 9.17) is 0 Å². The molecule has 1 aromatic heterocycles. The van der Waals surface area contributed by atoms with Gasteiger partial charge >= 0.3 is 5.82 Å². The molecule has 6 nitrogen and oxygen atoms in total. The van der Waals surface area contributed by atoms with E-state index in [-0.39, 0.29) is 12.4 Å². The summed E-state index contributed by atoms with van der Waals surface area (Å²) in [5.74, 6) is -0.223. The highest BCUT2D eigenvalue weighted by molar-refractivity contribution is 5.22. The second kappa shape index (κ2) is 4.58. The van der Waals surface area contributed by atoms with E-state index in [1.54, 1.807) is 6.92 Å². The first-order valence-electron chi connectivity index (χ1n) is 5.43. The first-order chi connectivity index (χ1) is 8.49. The number of nitro groups is 1. The van der Waals surface area contributed by atoms with Crippen molar-refractivity contribution in [1.29, 1.82) is 0 Å². The number of hydrogen-bond acceptors (Lipinski definition) is 4. The van der Waals surface area contributed by atoms with E-state index in [1.165, 1.54) is 17.1 Å². The molecule has 0 aliphatic carbocycles. The minimum Gasteiger partial charge on any atom is -0.384 e. The maximum absolute atomic E-state index is 10.5. The van der Waals surface area contributed by atoms with Crippen molar-refractivity contribution in [3.8, 4) is 0 Å². The van der Waals surface area contributed by atoms with Crippen LogP contribution in [0.1, 0.15) is 12.5 Å². The third-order valence-corrected chi connectivity index (χ3v) is 2.69. The topological polar surface area (TPSA) is 81.2 Å². The summed E-state index contributed by atoms with van der Waals surface area (Å²) in [6.07, 6.45) is 2.65. The van der Waals surface area contributed by atoms with Crippen LogP contribution in [0.25, 0.3) is 0 Å². The number of aliphatic hydroxyl groups is 1. The highest BCUT2D eigenvalue weighted by Gasteiger charge is 2.24. The fourth-order valence-electron chi connectivity index (χ4n) is 1.77. The van der Waals surface area contributed by atoms with Crippen molar-refractivity contribution in [2.45, 2.75) is 19.1 Å². The van der Waals surface area contributed by atoms with Crippen molar-refractivity contribution in [1.82, 2.24) is 9.55 Å². The lowest BCUT2D eigenvalue weighted by molar-refractivity contribution is -0.389. The Balaban J connectivity index is 2.19. The van der Waals surface area contributed by atoms with Crippen LogP contribution >= 0.6 is 0 Å². The molecule has 0 saturated carbocycles. The summed E-state index contributed by atoms with van der Waals surface area (Å²) in [4.78, 5) is 13.6. The third-order valence-electron chi connectivity index (χ3n) is 2.69. The number of aromatic nitrogens is 2. The van der Waals surface area contributed by atoms with E-state index in [1.807, 2.05) is 30.3 Å². The lowest BCUT2D eigenvalue weighted by atomic mass is 9.96. The van der Waals surface area contributed by atoms with Crippen molar-refractivity contribution in [3.63, 3.8) is 0 Å². The van der Waals surface area contributed by atoms with Gasteiger partial charge in [0.2, 0.25) is 6.33 Å². The molecule has 6 heteroatoms. The standard InChI is InChI=1S/C12H13N3O3/c1-12(16,10-5-3-2-4-6-10)8-14-7-11(13-9-14)15(17)18/h2-7,9,16H,8H2,1H3. The summed E-state index contributed by atoms with van der Waals surface area (Å²) >= 11 is 0. The zero-order valence-electron chi connectivity index (χ0n) is 9.85. The van der Waals surface area contributed by atoms with Crippen LogP contribution in [-0.4, -0.2) is 19.6 Å². The predicted octanol–water partition coefficient (Wildman–Crippen LogP) is 1.70. The Labute approximate surface area is 104 Å². The maximum atomic E-state index is 10.5. The van der Waals surface area contributed by atoms with Crippen LogP contribution in [-0.2, 0) is 12.1 Å². The lowest BCUT2D eigenvalue weighted by Gasteiger charge is -2.23. The largest absolute Gasteiger partial charge is 0.384 e. The van der Waals surface area contributed by atoms with Gasteiger partial charge in [-0.3, -0.25) is 0 Å². The smallest absolute Gasteiger partial charge is 0.381 e. The predicted molar refractivity (Wildman–Crippen MR) is 64.9 cm³/mol. The number of rotatable bonds is 4. The second-order valence-electron chi connectivity index (χ2n) is 4.30. The average Bonchev–Trinajstić information content (AvgIpc) is 2.78. The number of benzene rings is 1. The minimum absolute atomic E-state index is 0.206. The van der Waals surface area contributed by atoms with Crippen molar-refractivity contribution < 1.29 is 10.0 Å². The normalized spacial score (nSPS) is 14.1. The molecule has 1 heterocycles. The van der Waals surface area contributed by atoms with E-state index < -0.39 is 10.5 Å². The lowest BCUT2D eigenvalue weighted by Crippen LogP contribution is -2.27. The zero-order valence-corrected chi connectivity index (χ0v) is 9.85. The fraction of sp³-hybridized carbons (Fsp3) is 0.250. The summed E-state index contributed by atoms with van der Waals surface area (Å²) in [7, 11) is 0. The summed E-state index contributed by atoms with van der Waals surface area (Å²) in [6.45, 7) is 1.87. The van der Waals surface area contributed by atoms with Crippen LogP contribution in [0.5, 0.6) is 0 Å². The van der Waals surface area contributed by atoms with Gasteiger partial charge in [-0.05, 0) is 22.4 Å². The minimum atomic E-state index is -1.10. The van der Waals surface area contributed by atoms with E-state index in [0.29, 0.717) is 0 Å². The molecule has 0 amide bonds. The Morgan fingerprint density at radius 3 is 2.67 bits per heavy atom. The van der Waals surface area contributed by atoms with Crippen molar-refractivity contribution in [2.75, 3.05) is 0 Å². The molecule has 1 unspecified atom stereocenters. The van der Waals surface area contributed by atoms with Gasteiger partial charge in [0, 0.05) is 0 Å². The Bertz CT molecular complexity index is 549. The van der Waals surface area contributed by atoms with Crippen molar-refractivity contribution in [2.24, 2.45) is 0 Å². The van der Waals surface area contributed by atoms with Crippen LogP contribution in [0.2, 0.25) is 0 Å². The van der Waals surface area contributed by atoms with Crippen molar-refractivity contribution in [3.05, 3.63) is 58.5 Å². The molecule has 0 aliphatic heterocycles. The van der Waals surface area contributed by atoms with E-state index in [0.717, 1.165) is 5.56 Å². The molecular weight excluding hydrogens is 234 g/mol. The summed E-state index contributed by atoms with van der Waals surface area (Å²) in [5.41, 5.74) is -0.350. The van der Waals surface area contributed by atoms with Gasteiger partial charge in [0.1, 0.15) is 11.8 Å². The molecule has 1 atom stereocenters. The van der Waals surface area contributed by atoms with Gasteiger partial charge in [-0.15, -0.1) is 0 Å². The van der Waals surface area contributed by atoms with Crippen LogP contribution in [0.15, 0.2) is 42.9 Å². The molecule has 2 aromatic rings. The zero-order chi connectivity index (χ0) is 13.2. The van der Waals surface area contributed by atoms with E-state index in [9.17, 15) is 15.2 Å². The summed E-state index contributed by atoms with van der Waals surface area (Å²) in [5, 5.41) is 20.9. The number of imidazole rings is 1. The van der Waals surface area contributed by atoms with Gasteiger partial charge in [-0.25, -0.2) is 0 Å². The molecule has 0 aliphatic rings. The van der Waals surface area contributed by atoms with Crippen LogP contribution < -0.4 is 0 Å². The van der Waals surface area contributed by atoms with Gasteiger partial charge in [0.25, 0.3) is 0 Å². The molecule has 0 spiro atoms. The van der Waals surface area contributed by atoms with E-state index in [2.05, 4.69) is 4.98 Å². The second-order valence-corrected chi connectivity index (χ2v) is 4.30. The van der Waals surface area contributed by atoms with Crippen LogP contribution in [0, 0.1) is 10.1 Å². The summed E-state index contributed by atoms with van der Waals surface area (Å²) < 4.78 is 1.51. The van der Waals surface area contributed by atoms with Gasteiger partial charge in [0.05, 0.1) is 6.54 Å². The van der Waals surface area contributed by atoms with Gasteiger partial charge < -0.3 is 19.8 Å². The Hall–Kier alpha value is -2.21. The van der Waals surface area contributed by atoms with Crippen LogP contribution in [0.4, 0.5) is 5.82 Å². The van der Waals surface area contributed by atoms with Crippen LogP contribution in [0.3, 0.4) is 0 Å². The summed E-state index contributed by atoms with van der Waals surface area (Å²) in [6, 6.07) is 9.15. The highest BCUT2D eigenvalue weighted by Crippen LogP contribution is 2.22. The number of nitrogens with zero attached hydrogens (tertiary/aromatic N) is 3. The Kier molecular flexibility index (Phi) is 3.12. The molecule has 94 valence electrons. The third kappa shape index (κ3) is 2.54. The quantitative estimate of drug-likeness (QED) is 0.658. The maximum Gasteiger partial charge on any atom is 0.381 e. The van der Waals surface area contributed by atoms with Gasteiger partial charge in [-0.1, -0.05) is 30.3 Å². The molecule has 1 N–H and O–H groups in total. The Morgan fingerprint density at radius 2 is 2.11 bits per heavy atom. The average molecular weight is 247 g/mol. The molecule has 0 fully saturated rings. The monoisotopic (exact) mass is 247 g/mol. The number of hydrogen-bond donors (Lipinski definition) is 1. The first-order valence-corrected chi connectivity index (χ1v) is 5.43. The molecule has 1 aromatic carbocycles. The Morgan fingerprint density at radius 1 is 1.44 bits per heavy atom. The molecule has 18 heavy (non-hydrogen) atoms. The molecule has 2 rings (SSSR count). The van der Waals surface area contributed by atoms with E-state index >= 15 is 0 Å². The molecular formula is C12H13N3O3. The first kappa shape index (κ1) is 12.3. The molecule has 0 saturated heterocycles. The molecule has 0 bridgehead atoms. The van der Waals surface area contributed by atoms with Crippen molar-refractivity contribution >= 4 is 5.82 Å². The molecule has 0 radical (unpaired) electrons. The SMILES string of the molecule is CC(O)(Cn1cnc([N+](=O)[O-])c1)c1ccccc1. The van der Waals surface area contributed by atoms with Gasteiger partial charge in [-0.2, -0.15) is 0 Å². The highest BCUT2D eigenvalue weighted by atomic mass is 16.6.